The lowest BCUT2D eigenvalue weighted by atomic mass is 10.1. The Kier molecular flexibility index (Phi) is 8.79. The van der Waals surface area contributed by atoms with Gasteiger partial charge in [0.05, 0.1) is 35.6 Å². The van der Waals surface area contributed by atoms with Crippen molar-refractivity contribution in [3.05, 3.63) is 64.3 Å². The molecule has 1 N–H and O–H groups in total. The van der Waals surface area contributed by atoms with Crippen LogP contribution in [0.1, 0.15) is 57.5 Å². The number of nitrogens with zero attached hydrogens (tertiary/aromatic N) is 5. The monoisotopic (exact) mass is 608 g/mol. The van der Waals surface area contributed by atoms with Gasteiger partial charge in [-0.05, 0) is 57.0 Å². The molecule has 43 heavy (non-hydrogen) atoms. The number of H-pyrrole nitrogens is 1. The Morgan fingerprint density at radius 2 is 1.74 bits per heavy atom. The molecule has 2 aliphatic rings. The van der Waals surface area contributed by atoms with Crippen molar-refractivity contribution in [2.24, 2.45) is 0 Å². The number of fused-ring (bicyclic) bond motifs is 1. The molecule has 0 bridgehead atoms. The van der Waals surface area contributed by atoms with Crippen molar-refractivity contribution in [3.63, 3.8) is 0 Å². The highest BCUT2D eigenvalue weighted by molar-refractivity contribution is 7.89. The fourth-order valence-corrected chi connectivity index (χ4v) is 7.56. The number of rotatable bonds is 8. The maximum atomic E-state index is 13.9. The average molecular weight is 609 g/mol. The van der Waals surface area contributed by atoms with Gasteiger partial charge in [-0.15, -0.1) is 5.10 Å². The van der Waals surface area contributed by atoms with Crippen LogP contribution in [-0.4, -0.2) is 72.2 Å². The molecule has 2 fully saturated rings. The number of hydrogen-bond donors (Lipinski definition) is 1. The molecule has 230 valence electrons. The summed E-state index contributed by atoms with van der Waals surface area (Å²) < 4.78 is 42.2. The number of methoxy groups -OCH3 is 1. The molecule has 3 heterocycles. The third kappa shape index (κ3) is 5.61. The lowest BCUT2D eigenvalue weighted by Crippen LogP contribution is -2.48. The van der Waals surface area contributed by atoms with Gasteiger partial charge in [0.1, 0.15) is 17.3 Å². The number of sulfonamides is 1. The summed E-state index contributed by atoms with van der Waals surface area (Å²) >= 11 is 0. The zero-order valence-electron chi connectivity index (χ0n) is 24.2. The van der Waals surface area contributed by atoms with Crippen LogP contribution in [0.5, 0.6) is 11.5 Å². The number of aromatic nitrogens is 4. The van der Waals surface area contributed by atoms with Gasteiger partial charge in [0.2, 0.25) is 10.0 Å². The maximum absolute atomic E-state index is 13.9. The molecule has 2 aromatic heterocycles. The van der Waals surface area contributed by atoms with E-state index in [4.69, 9.17) is 19.6 Å². The van der Waals surface area contributed by atoms with Crippen LogP contribution in [0.2, 0.25) is 0 Å². The Morgan fingerprint density at radius 3 is 2.44 bits per heavy atom. The molecule has 1 aliphatic heterocycles. The molecule has 0 spiro atoms. The second-order valence-electron chi connectivity index (χ2n) is 10.8. The van der Waals surface area contributed by atoms with Crippen LogP contribution >= 0.6 is 0 Å². The molecule has 2 aromatic carbocycles. The minimum absolute atomic E-state index is 0. The normalized spacial score (nSPS) is 16.4. The van der Waals surface area contributed by atoms with E-state index >= 15 is 0 Å². The number of aryl methyl sites for hydroxylation is 1. The number of imidazole rings is 1. The molecule has 6 rings (SSSR count). The van der Waals surface area contributed by atoms with Crippen molar-refractivity contribution < 1.29 is 17.9 Å². The third-order valence-corrected chi connectivity index (χ3v) is 10.1. The first-order valence-corrected chi connectivity index (χ1v) is 15.9. The van der Waals surface area contributed by atoms with Crippen LogP contribution < -0.4 is 19.9 Å². The largest absolute Gasteiger partial charge is 0.495 e. The number of benzene rings is 2. The molecule has 1 saturated heterocycles. The van der Waals surface area contributed by atoms with E-state index < -0.39 is 10.0 Å². The number of ether oxygens (including phenoxy) is 2. The van der Waals surface area contributed by atoms with Gasteiger partial charge in [-0.25, -0.2) is 17.9 Å². The molecule has 1 aliphatic carbocycles. The number of aromatic amines is 1. The number of anilines is 1. The first-order valence-electron chi connectivity index (χ1n) is 14.5. The number of nitrogens with one attached hydrogen (secondary N) is 1. The van der Waals surface area contributed by atoms with E-state index in [1.807, 2.05) is 38.1 Å². The van der Waals surface area contributed by atoms with Crippen molar-refractivity contribution in [2.45, 2.75) is 57.8 Å². The van der Waals surface area contributed by atoms with E-state index in [9.17, 15) is 13.2 Å². The van der Waals surface area contributed by atoms with E-state index in [0.717, 1.165) is 42.9 Å². The zero-order valence-corrected chi connectivity index (χ0v) is 25.0. The van der Waals surface area contributed by atoms with E-state index in [-0.39, 0.29) is 29.6 Å². The molecule has 0 radical (unpaired) electrons. The summed E-state index contributed by atoms with van der Waals surface area (Å²) in [7, 11) is -2.20. The predicted molar refractivity (Wildman–Crippen MR) is 167 cm³/mol. The van der Waals surface area contributed by atoms with Gasteiger partial charge in [0.15, 0.2) is 11.3 Å². The zero-order chi connectivity index (χ0) is 29.4. The van der Waals surface area contributed by atoms with E-state index in [1.54, 1.807) is 29.8 Å². The third-order valence-electron chi connectivity index (χ3n) is 8.23. The van der Waals surface area contributed by atoms with Crippen LogP contribution in [0.3, 0.4) is 0 Å². The minimum Gasteiger partial charge on any atom is -0.495 e. The molecular formula is C31H40N6O5S. The Hall–Kier alpha value is -3.90. The Balaban J connectivity index is 0.00000368. The van der Waals surface area contributed by atoms with Crippen molar-refractivity contribution in [3.8, 4) is 22.9 Å². The van der Waals surface area contributed by atoms with Crippen LogP contribution in [-0.2, 0) is 10.0 Å². The molecule has 11 nitrogen and oxygen atoms in total. The Morgan fingerprint density at radius 1 is 1.02 bits per heavy atom. The van der Waals surface area contributed by atoms with Crippen LogP contribution in [0.15, 0.2) is 52.2 Å². The highest BCUT2D eigenvalue weighted by atomic mass is 32.2. The lowest BCUT2D eigenvalue weighted by molar-refractivity contribution is 0.341. The lowest BCUT2D eigenvalue weighted by Gasteiger charge is -2.36. The predicted octanol–water partition coefficient (Wildman–Crippen LogP) is 4.60. The first-order chi connectivity index (χ1) is 20.3. The van der Waals surface area contributed by atoms with Gasteiger partial charge in [-0.1, -0.05) is 32.4 Å². The summed E-state index contributed by atoms with van der Waals surface area (Å²) in [5.74, 6) is 2.46. The fraction of sp³-hybridized carbons (Fsp3) is 0.452. The molecule has 1 saturated carbocycles. The summed E-state index contributed by atoms with van der Waals surface area (Å²) in [6.07, 6.45) is 4.25. The highest BCUT2D eigenvalue weighted by Crippen LogP contribution is 2.35. The van der Waals surface area contributed by atoms with Crippen molar-refractivity contribution in [1.82, 2.24) is 23.9 Å². The van der Waals surface area contributed by atoms with Crippen molar-refractivity contribution in [2.75, 3.05) is 44.8 Å². The summed E-state index contributed by atoms with van der Waals surface area (Å²) in [6.45, 7) is 5.74. The molecule has 4 aromatic rings. The van der Waals surface area contributed by atoms with Crippen LogP contribution in [0, 0.1) is 6.92 Å². The second-order valence-corrected chi connectivity index (χ2v) is 12.7. The topological polar surface area (TPSA) is 122 Å². The van der Waals surface area contributed by atoms with Gasteiger partial charge in [0.25, 0.3) is 5.56 Å². The smallest absolute Gasteiger partial charge is 0.277 e. The quantitative estimate of drug-likeness (QED) is 0.308. The fourth-order valence-electron chi connectivity index (χ4n) is 6.11. The van der Waals surface area contributed by atoms with Crippen molar-refractivity contribution >= 4 is 21.2 Å². The second kappa shape index (κ2) is 12.4. The summed E-state index contributed by atoms with van der Waals surface area (Å²) in [6, 6.07) is 12.5. The average Bonchev–Trinajstić information content (AvgIpc) is 3.65. The number of piperazine rings is 1. The number of hydrogen-bond acceptors (Lipinski definition) is 8. The molecular weight excluding hydrogens is 568 g/mol. The van der Waals surface area contributed by atoms with E-state index in [1.165, 1.54) is 4.31 Å². The van der Waals surface area contributed by atoms with Gasteiger partial charge in [0, 0.05) is 32.1 Å². The summed E-state index contributed by atoms with van der Waals surface area (Å²) in [4.78, 5) is 23.1. The maximum Gasteiger partial charge on any atom is 0.277 e. The molecule has 0 amide bonds. The summed E-state index contributed by atoms with van der Waals surface area (Å²) in [5, 5.41) is 4.80. The van der Waals surface area contributed by atoms with Gasteiger partial charge in [-0.2, -0.15) is 4.31 Å². The molecule has 0 unspecified atom stereocenters. The van der Waals surface area contributed by atoms with Crippen LogP contribution in [0.25, 0.3) is 16.9 Å². The summed E-state index contributed by atoms with van der Waals surface area (Å²) in [5.41, 5.74) is 2.07. The first kappa shape index (κ1) is 30.6. The highest BCUT2D eigenvalue weighted by Gasteiger charge is 2.31. The molecule has 0 atom stereocenters. The minimum atomic E-state index is -3.83. The van der Waals surface area contributed by atoms with E-state index in [2.05, 4.69) is 9.88 Å². The van der Waals surface area contributed by atoms with Gasteiger partial charge in [-0.3, -0.25) is 4.79 Å². The van der Waals surface area contributed by atoms with Crippen LogP contribution in [0.4, 0.5) is 5.69 Å². The Labute approximate surface area is 252 Å². The Bertz CT molecular complexity index is 1770. The number of para-hydroxylation sites is 2. The van der Waals surface area contributed by atoms with E-state index in [0.29, 0.717) is 55.3 Å². The standard InChI is InChI=1S/C30H36N6O5S.CH4/c1-4-41-25-14-13-22(42(38,39)35-17-15-34(16-18-35)24-11-7-8-12-26(24)40-3)19-23(25)28-32-30(37)27-20(2)31-29(36(27)33-28)21-9-5-6-10-21;/h7-8,11-14,19,21H,4-6,9-10,15-18H2,1-3H3,(H,32,33,37);1H4. The van der Waals surface area contributed by atoms with Crippen molar-refractivity contribution in [1.29, 1.82) is 0 Å². The van der Waals surface area contributed by atoms with Gasteiger partial charge < -0.3 is 19.4 Å². The SMILES string of the molecule is C.CCOc1ccc(S(=O)(=O)N2CCN(c3ccccc3OC)CC2)cc1-c1nn2c(C3CCCC3)nc(C)c2c(=O)[nH]1. The van der Waals surface area contributed by atoms with Gasteiger partial charge >= 0.3 is 0 Å². The molecule has 12 heteroatoms.